The Kier molecular flexibility index (Phi) is 7.83. The van der Waals surface area contributed by atoms with Crippen molar-refractivity contribution >= 4 is 29.0 Å². The van der Waals surface area contributed by atoms with Gasteiger partial charge in [-0.25, -0.2) is 0 Å². The molecule has 0 radical (unpaired) electrons. The van der Waals surface area contributed by atoms with E-state index < -0.39 is 30.1 Å². The second kappa shape index (κ2) is 9.92. The summed E-state index contributed by atoms with van der Waals surface area (Å²) in [6.45, 7) is 0. The van der Waals surface area contributed by atoms with E-state index in [-0.39, 0.29) is 22.6 Å². The number of halogens is 4. The lowest BCUT2D eigenvalue weighted by Gasteiger charge is -2.26. The highest BCUT2D eigenvalue weighted by Crippen LogP contribution is 2.35. The topological polar surface area (TPSA) is 73.9 Å². The number of benzene rings is 2. The summed E-state index contributed by atoms with van der Waals surface area (Å²) in [6.07, 6.45) is -6.28. The van der Waals surface area contributed by atoms with Crippen molar-refractivity contribution in [2.45, 2.75) is 18.4 Å². The summed E-state index contributed by atoms with van der Waals surface area (Å²) < 4.78 is 54.0. The van der Waals surface area contributed by atoms with Gasteiger partial charge < -0.3 is 19.5 Å². The zero-order chi connectivity index (χ0) is 22.5. The van der Waals surface area contributed by atoms with Crippen LogP contribution < -0.4 is 10.1 Å². The normalized spacial score (nSPS) is 12.5. The number of carbonyl (C=O) groups is 2. The Morgan fingerprint density at radius 3 is 2.10 bits per heavy atom. The monoisotopic (exact) mass is 445 g/mol. The minimum atomic E-state index is -5.13. The number of anilines is 1. The van der Waals surface area contributed by atoms with E-state index in [0.29, 0.717) is 5.02 Å². The number of alkyl halides is 3. The fourth-order valence-corrected chi connectivity index (χ4v) is 2.93. The number of hydrogen-bond acceptors (Lipinski definition) is 5. The van der Waals surface area contributed by atoms with E-state index in [1.807, 2.05) is 0 Å². The molecular weight excluding hydrogens is 427 g/mol. The predicted molar refractivity (Wildman–Crippen MR) is 104 cm³/mol. The smallest absolute Gasteiger partial charge is 0.471 e. The molecular formula is C20H19ClF3NO5. The summed E-state index contributed by atoms with van der Waals surface area (Å²) in [5, 5.41) is 2.20. The third-order valence-electron chi connectivity index (χ3n) is 4.25. The van der Waals surface area contributed by atoms with Gasteiger partial charge >= 0.3 is 12.1 Å². The first-order valence-corrected chi connectivity index (χ1v) is 8.91. The third kappa shape index (κ3) is 5.50. The number of hydrogen-bond donors (Lipinski definition) is 1. The summed E-state index contributed by atoms with van der Waals surface area (Å²) in [4.78, 5) is 24.8. The molecule has 0 spiro atoms. The number of nitrogens with one attached hydrogen (secondary N) is 1. The number of ketones is 1. The molecule has 2 aromatic rings. The molecule has 0 heterocycles. The Hall–Kier alpha value is -2.62. The predicted octanol–water partition coefficient (Wildman–Crippen LogP) is 4.43. The van der Waals surface area contributed by atoms with Crippen molar-refractivity contribution in [3.63, 3.8) is 0 Å². The average Bonchev–Trinajstić information content (AvgIpc) is 2.71. The quantitative estimate of drug-likeness (QED) is 0.480. The van der Waals surface area contributed by atoms with Gasteiger partial charge in [0.2, 0.25) is 0 Å². The van der Waals surface area contributed by atoms with Gasteiger partial charge in [0.05, 0.1) is 7.11 Å². The molecule has 1 amide bonds. The second-order valence-corrected chi connectivity index (χ2v) is 6.53. The average molecular weight is 446 g/mol. The molecule has 0 bridgehead atoms. The minimum Gasteiger partial charge on any atom is -0.497 e. The highest BCUT2D eigenvalue weighted by atomic mass is 35.5. The van der Waals surface area contributed by atoms with Crippen molar-refractivity contribution in [3.05, 3.63) is 58.6 Å². The molecule has 2 aromatic carbocycles. The molecule has 0 saturated carbocycles. The van der Waals surface area contributed by atoms with Gasteiger partial charge in [0.15, 0.2) is 12.1 Å². The number of amides is 1. The van der Waals surface area contributed by atoms with E-state index in [1.165, 1.54) is 63.8 Å². The second-order valence-electron chi connectivity index (χ2n) is 6.09. The Morgan fingerprint density at radius 2 is 1.60 bits per heavy atom. The van der Waals surface area contributed by atoms with E-state index >= 15 is 0 Å². The van der Waals surface area contributed by atoms with Gasteiger partial charge in [-0.3, -0.25) is 9.59 Å². The summed E-state index contributed by atoms with van der Waals surface area (Å²) in [5.74, 6) is -3.72. The maximum atomic E-state index is 13.2. The first kappa shape index (κ1) is 23.7. The standard InChI is InChI=1S/C20H19ClF3NO5/c1-28-13-8-9-14(15(10-13)25-19(27)20(22,23)24)16(18(29-2)30-3)17(26)11-4-6-12(21)7-5-11/h4-10,16,18H,1-3H3,(H,25,27). The molecule has 0 aliphatic heterocycles. The van der Waals surface area contributed by atoms with Gasteiger partial charge in [-0.2, -0.15) is 13.2 Å². The van der Waals surface area contributed by atoms with Crippen molar-refractivity contribution in [3.8, 4) is 5.75 Å². The lowest BCUT2D eigenvalue weighted by atomic mass is 9.88. The third-order valence-corrected chi connectivity index (χ3v) is 4.50. The maximum Gasteiger partial charge on any atom is 0.471 e. The molecule has 0 aliphatic carbocycles. The fourth-order valence-electron chi connectivity index (χ4n) is 2.81. The van der Waals surface area contributed by atoms with Crippen molar-refractivity contribution in [1.82, 2.24) is 0 Å². The minimum absolute atomic E-state index is 0.0575. The van der Waals surface area contributed by atoms with E-state index in [1.54, 1.807) is 5.32 Å². The van der Waals surface area contributed by atoms with Gasteiger partial charge in [-0.1, -0.05) is 17.7 Å². The molecule has 0 fully saturated rings. The van der Waals surface area contributed by atoms with Crippen molar-refractivity contribution in [2.75, 3.05) is 26.6 Å². The van der Waals surface area contributed by atoms with Crippen LogP contribution in [0, 0.1) is 0 Å². The largest absolute Gasteiger partial charge is 0.497 e. The molecule has 1 atom stereocenters. The molecule has 0 aromatic heterocycles. The van der Waals surface area contributed by atoms with Crippen molar-refractivity contribution in [2.24, 2.45) is 0 Å². The lowest BCUT2D eigenvalue weighted by Crippen LogP contribution is -2.33. The van der Waals surface area contributed by atoms with E-state index in [0.717, 1.165) is 0 Å². The van der Waals surface area contributed by atoms with Crippen LogP contribution in [-0.2, 0) is 14.3 Å². The SMILES string of the molecule is COc1ccc(C(C(=O)c2ccc(Cl)cc2)C(OC)OC)c(NC(=O)C(F)(F)F)c1. The van der Waals surface area contributed by atoms with Crippen LogP contribution in [0.2, 0.25) is 5.02 Å². The van der Waals surface area contributed by atoms with Gasteiger partial charge in [0.1, 0.15) is 11.7 Å². The highest BCUT2D eigenvalue weighted by molar-refractivity contribution is 6.30. The van der Waals surface area contributed by atoms with Crippen LogP contribution in [0.3, 0.4) is 0 Å². The van der Waals surface area contributed by atoms with E-state index in [2.05, 4.69) is 0 Å². The Bertz CT molecular complexity index is 898. The molecule has 0 saturated heterocycles. The van der Waals surface area contributed by atoms with Gasteiger partial charge in [0.25, 0.3) is 0 Å². The van der Waals surface area contributed by atoms with Crippen LogP contribution in [0.5, 0.6) is 5.75 Å². The zero-order valence-electron chi connectivity index (χ0n) is 16.2. The summed E-state index contributed by atoms with van der Waals surface area (Å²) >= 11 is 5.86. The zero-order valence-corrected chi connectivity index (χ0v) is 17.0. The van der Waals surface area contributed by atoms with E-state index in [4.69, 9.17) is 25.8 Å². The highest BCUT2D eigenvalue weighted by Gasteiger charge is 2.40. The number of methoxy groups -OCH3 is 3. The molecule has 10 heteroatoms. The van der Waals surface area contributed by atoms with Gasteiger partial charge in [-0.15, -0.1) is 0 Å². The molecule has 1 N–H and O–H groups in total. The maximum absolute atomic E-state index is 13.2. The number of carbonyl (C=O) groups excluding carboxylic acids is 2. The van der Waals surface area contributed by atoms with Crippen LogP contribution >= 0.6 is 11.6 Å². The van der Waals surface area contributed by atoms with Crippen LogP contribution in [0.25, 0.3) is 0 Å². The molecule has 30 heavy (non-hydrogen) atoms. The summed E-state index contributed by atoms with van der Waals surface area (Å²) in [6, 6.07) is 9.94. The fraction of sp³-hybridized carbons (Fsp3) is 0.300. The van der Waals surface area contributed by atoms with Gasteiger partial charge in [-0.05, 0) is 35.9 Å². The molecule has 6 nitrogen and oxygen atoms in total. The molecule has 2 rings (SSSR count). The van der Waals surface area contributed by atoms with Crippen molar-refractivity contribution < 1.29 is 37.0 Å². The number of Topliss-reactive ketones (excluding diaryl/α,β-unsaturated/α-hetero) is 1. The Labute approximate surface area is 175 Å². The number of ether oxygens (including phenoxy) is 3. The first-order valence-electron chi connectivity index (χ1n) is 8.53. The van der Waals surface area contributed by atoms with E-state index in [9.17, 15) is 22.8 Å². The van der Waals surface area contributed by atoms with Crippen LogP contribution in [0.1, 0.15) is 21.8 Å². The number of rotatable bonds is 8. The summed E-state index contributed by atoms with van der Waals surface area (Å²) in [5.41, 5.74) is 0.0255. The molecule has 0 aliphatic rings. The van der Waals surface area contributed by atoms with Crippen LogP contribution in [0.15, 0.2) is 42.5 Å². The summed E-state index contributed by atoms with van der Waals surface area (Å²) in [7, 11) is 3.88. The lowest BCUT2D eigenvalue weighted by molar-refractivity contribution is -0.167. The molecule has 162 valence electrons. The first-order chi connectivity index (χ1) is 14.1. The molecule has 1 unspecified atom stereocenters. The Balaban J connectivity index is 2.60. The Morgan fingerprint density at radius 1 is 1.00 bits per heavy atom. The van der Waals surface area contributed by atoms with Crippen LogP contribution in [0.4, 0.5) is 18.9 Å². The van der Waals surface area contributed by atoms with Crippen molar-refractivity contribution in [1.29, 1.82) is 0 Å². The van der Waals surface area contributed by atoms with Crippen LogP contribution in [-0.4, -0.2) is 45.5 Å². The van der Waals surface area contributed by atoms with Gasteiger partial charge in [0, 0.05) is 36.6 Å².